The maximum atomic E-state index is 11.7. The number of halogens is 1. The summed E-state index contributed by atoms with van der Waals surface area (Å²) in [5.41, 5.74) is 0. The first kappa shape index (κ1) is 17.7. The van der Waals surface area contributed by atoms with Crippen LogP contribution in [0.25, 0.3) is 6.08 Å². The molecule has 0 spiro atoms. The van der Waals surface area contributed by atoms with Crippen molar-refractivity contribution in [2.24, 2.45) is 11.8 Å². The number of rotatable bonds is 8. The molecule has 21 heavy (non-hydrogen) atoms. The molecule has 0 fully saturated rings. The first-order valence-electron chi connectivity index (χ1n) is 6.80. The maximum Gasteiger partial charge on any atom is 0.303 e. The van der Waals surface area contributed by atoms with E-state index < -0.39 is 5.97 Å². The lowest BCUT2D eigenvalue weighted by Crippen LogP contribution is -2.29. The molecular formula is C15H20ClNO3S. The molecule has 0 aliphatic carbocycles. The molecule has 6 heteroatoms. The lowest BCUT2D eigenvalue weighted by atomic mass is 9.94. The molecule has 1 aromatic heterocycles. The van der Waals surface area contributed by atoms with Gasteiger partial charge in [-0.2, -0.15) is 0 Å². The fourth-order valence-electron chi connectivity index (χ4n) is 2.03. The van der Waals surface area contributed by atoms with Gasteiger partial charge in [0.05, 0.1) is 4.34 Å². The highest BCUT2D eigenvalue weighted by Crippen LogP contribution is 2.22. The van der Waals surface area contributed by atoms with Crippen molar-refractivity contribution in [3.63, 3.8) is 0 Å². The van der Waals surface area contributed by atoms with Gasteiger partial charge in [-0.05, 0) is 36.5 Å². The molecule has 1 heterocycles. The zero-order valence-corrected chi connectivity index (χ0v) is 13.7. The van der Waals surface area contributed by atoms with E-state index in [1.807, 2.05) is 19.9 Å². The fourth-order valence-corrected chi connectivity index (χ4v) is 3.00. The molecule has 1 rings (SSSR count). The van der Waals surface area contributed by atoms with E-state index in [9.17, 15) is 9.59 Å². The third-order valence-corrected chi connectivity index (χ3v) is 4.02. The molecule has 0 aliphatic heterocycles. The molecule has 1 atom stereocenters. The molecule has 0 saturated carbocycles. The van der Waals surface area contributed by atoms with Crippen molar-refractivity contribution in [3.8, 4) is 0 Å². The Labute approximate surface area is 133 Å². The van der Waals surface area contributed by atoms with Crippen LogP contribution in [0.15, 0.2) is 18.2 Å². The van der Waals surface area contributed by atoms with Gasteiger partial charge in [-0.25, -0.2) is 0 Å². The van der Waals surface area contributed by atoms with Gasteiger partial charge < -0.3 is 10.4 Å². The van der Waals surface area contributed by atoms with Gasteiger partial charge in [0.15, 0.2) is 0 Å². The van der Waals surface area contributed by atoms with Gasteiger partial charge in [0.2, 0.25) is 5.91 Å². The van der Waals surface area contributed by atoms with Gasteiger partial charge in [-0.15, -0.1) is 11.3 Å². The number of carbonyl (C=O) groups excluding carboxylic acids is 1. The van der Waals surface area contributed by atoms with Crippen LogP contribution in [0.4, 0.5) is 0 Å². The quantitative estimate of drug-likeness (QED) is 0.715. The second-order valence-electron chi connectivity index (χ2n) is 5.31. The van der Waals surface area contributed by atoms with E-state index in [1.54, 1.807) is 12.1 Å². The number of carbonyl (C=O) groups is 2. The van der Waals surface area contributed by atoms with E-state index in [-0.39, 0.29) is 18.2 Å². The highest BCUT2D eigenvalue weighted by molar-refractivity contribution is 7.17. The molecule has 1 aromatic rings. The predicted octanol–water partition coefficient (Wildman–Crippen LogP) is 3.67. The van der Waals surface area contributed by atoms with Gasteiger partial charge in [0.1, 0.15) is 0 Å². The van der Waals surface area contributed by atoms with Gasteiger partial charge in [-0.3, -0.25) is 9.59 Å². The summed E-state index contributed by atoms with van der Waals surface area (Å²) in [5, 5.41) is 11.6. The Morgan fingerprint density at radius 3 is 2.67 bits per heavy atom. The molecule has 4 nitrogen and oxygen atoms in total. The number of hydrogen-bond donors (Lipinski definition) is 2. The summed E-state index contributed by atoms with van der Waals surface area (Å²) < 4.78 is 0.675. The monoisotopic (exact) mass is 329 g/mol. The Morgan fingerprint density at radius 2 is 2.14 bits per heavy atom. The van der Waals surface area contributed by atoms with Crippen LogP contribution in [0.1, 0.15) is 31.6 Å². The summed E-state index contributed by atoms with van der Waals surface area (Å²) in [6, 6.07) is 3.61. The number of hydrogen-bond acceptors (Lipinski definition) is 3. The van der Waals surface area contributed by atoms with Crippen LogP contribution in [0, 0.1) is 11.8 Å². The average Bonchev–Trinajstić information content (AvgIpc) is 2.78. The molecule has 0 saturated heterocycles. The molecule has 0 unspecified atom stereocenters. The van der Waals surface area contributed by atoms with Gasteiger partial charge >= 0.3 is 5.97 Å². The topological polar surface area (TPSA) is 66.4 Å². The minimum atomic E-state index is -0.835. The van der Waals surface area contributed by atoms with Crippen molar-refractivity contribution in [2.75, 3.05) is 6.54 Å². The van der Waals surface area contributed by atoms with Gasteiger partial charge in [0.25, 0.3) is 0 Å². The smallest absolute Gasteiger partial charge is 0.303 e. The van der Waals surface area contributed by atoms with E-state index >= 15 is 0 Å². The Balaban J connectivity index is 2.45. The number of carboxylic acids is 1. The number of carboxylic acid groups (broad SMARTS) is 1. The summed E-state index contributed by atoms with van der Waals surface area (Å²) >= 11 is 7.20. The molecule has 0 radical (unpaired) electrons. The van der Waals surface area contributed by atoms with Crippen LogP contribution >= 0.6 is 22.9 Å². The molecule has 116 valence electrons. The lowest BCUT2D eigenvalue weighted by Gasteiger charge is -2.17. The number of aliphatic carboxylic acids is 1. The van der Waals surface area contributed by atoms with E-state index in [4.69, 9.17) is 16.7 Å². The van der Waals surface area contributed by atoms with Crippen molar-refractivity contribution in [3.05, 3.63) is 27.4 Å². The highest BCUT2D eigenvalue weighted by atomic mass is 35.5. The third kappa shape index (κ3) is 7.87. The van der Waals surface area contributed by atoms with Crippen molar-refractivity contribution in [1.29, 1.82) is 0 Å². The SMILES string of the molecule is CC(C)C[C@H](CNC(=O)C=Cc1ccc(Cl)s1)CC(=O)O. The van der Waals surface area contributed by atoms with Gasteiger partial charge in [-0.1, -0.05) is 25.4 Å². The van der Waals surface area contributed by atoms with Crippen molar-refractivity contribution >= 4 is 40.9 Å². The zero-order valence-electron chi connectivity index (χ0n) is 12.1. The molecular weight excluding hydrogens is 310 g/mol. The first-order chi connectivity index (χ1) is 9.86. The molecule has 1 amide bonds. The van der Waals surface area contributed by atoms with E-state index in [2.05, 4.69) is 5.32 Å². The third-order valence-electron chi connectivity index (χ3n) is 2.83. The summed E-state index contributed by atoms with van der Waals surface area (Å²) in [6.07, 6.45) is 3.98. The van der Waals surface area contributed by atoms with Crippen LogP contribution in [0.3, 0.4) is 0 Å². The highest BCUT2D eigenvalue weighted by Gasteiger charge is 2.15. The number of nitrogens with one attached hydrogen (secondary N) is 1. The van der Waals surface area contributed by atoms with Crippen molar-refractivity contribution in [2.45, 2.75) is 26.7 Å². The van der Waals surface area contributed by atoms with Crippen LogP contribution in [0.2, 0.25) is 4.34 Å². The van der Waals surface area contributed by atoms with Crippen LogP contribution in [0.5, 0.6) is 0 Å². The Kier molecular flexibility index (Phi) is 7.47. The largest absolute Gasteiger partial charge is 0.481 e. The normalized spacial score (nSPS) is 12.8. The summed E-state index contributed by atoms with van der Waals surface area (Å²) in [6.45, 7) is 4.45. The standard InChI is InChI=1S/C15H20ClNO3S/c1-10(2)7-11(8-15(19)20)9-17-14(18)6-4-12-3-5-13(16)21-12/h3-6,10-11H,7-9H2,1-2H3,(H,17,18)(H,19,20)/t11-/m0/s1. The van der Waals surface area contributed by atoms with Crippen molar-refractivity contribution in [1.82, 2.24) is 5.32 Å². The van der Waals surface area contributed by atoms with E-state index in [1.165, 1.54) is 17.4 Å². The Hall–Kier alpha value is -1.33. The van der Waals surface area contributed by atoms with Gasteiger partial charge in [0, 0.05) is 23.9 Å². The Bertz CT molecular complexity index is 511. The summed E-state index contributed by atoms with van der Waals surface area (Å²) in [7, 11) is 0. The zero-order chi connectivity index (χ0) is 15.8. The lowest BCUT2D eigenvalue weighted by molar-refractivity contribution is -0.138. The summed E-state index contributed by atoms with van der Waals surface area (Å²) in [4.78, 5) is 23.4. The second kappa shape index (κ2) is 8.85. The fraction of sp³-hybridized carbons (Fsp3) is 0.467. The second-order valence-corrected chi connectivity index (χ2v) is 7.06. The summed E-state index contributed by atoms with van der Waals surface area (Å²) in [5.74, 6) is -0.705. The van der Waals surface area contributed by atoms with E-state index in [0.29, 0.717) is 16.8 Å². The van der Waals surface area contributed by atoms with Crippen molar-refractivity contribution < 1.29 is 14.7 Å². The first-order valence-corrected chi connectivity index (χ1v) is 7.99. The minimum absolute atomic E-state index is 0.0453. The average molecular weight is 330 g/mol. The number of thiophene rings is 1. The van der Waals surface area contributed by atoms with Crippen LogP contribution in [-0.2, 0) is 9.59 Å². The molecule has 0 aliphatic rings. The predicted molar refractivity (Wildman–Crippen MR) is 86.6 cm³/mol. The van der Waals surface area contributed by atoms with Crippen LogP contribution < -0.4 is 5.32 Å². The minimum Gasteiger partial charge on any atom is -0.481 e. The molecule has 2 N–H and O–H groups in total. The van der Waals surface area contributed by atoms with E-state index in [0.717, 1.165) is 11.3 Å². The van der Waals surface area contributed by atoms with Crippen LogP contribution in [-0.4, -0.2) is 23.5 Å². The maximum absolute atomic E-state index is 11.7. The Morgan fingerprint density at radius 1 is 1.43 bits per heavy atom. The number of amides is 1. The molecule has 0 aromatic carbocycles. The molecule has 0 bridgehead atoms.